The third kappa shape index (κ3) is 2.63. The summed E-state index contributed by atoms with van der Waals surface area (Å²) < 4.78 is 36.8. The molecule has 0 radical (unpaired) electrons. The summed E-state index contributed by atoms with van der Waals surface area (Å²) in [5, 5.41) is 2.19. The predicted octanol–water partition coefficient (Wildman–Crippen LogP) is 3.70. The van der Waals surface area contributed by atoms with Crippen LogP contribution in [0, 0.1) is 6.92 Å². The lowest BCUT2D eigenvalue weighted by atomic mass is 10.1. The SMILES string of the molecule is Cc1cc(Cl)c(NC(=O)C(F)(F)F)c2cccnc12. The van der Waals surface area contributed by atoms with E-state index in [0.717, 1.165) is 0 Å². The van der Waals surface area contributed by atoms with Gasteiger partial charge in [-0.3, -0.25) is 9.78 Å². The van der Waals surface area contributed by atoms with E-state index in [9.17, 15) is 18.0 Å². The lowest BCUT2D eigenvalue weighted by molar-refractivity contribution is -0.167. The Kier molecular flexibility index (Phi) is 3.36. The van der Waals surface area contributed by atoms with Gasteiger partial charge in [-0.05, 0) is 30.7 Å². The van der Waals surface area contributed by atoms with Crippen molar-refractivity contribution < 1.29 is 18.0 Å². The molecule has 2 aromatic rings. The van der Waals surface area contributed by atoms with Crippen molar-refractivity contribution in [2.75, 3.05) is 5.32 Å². The first kappa shape index (κ1) is 13.6. The Morgan fingerprint density at radius 1 is 1.42 bits per heavy atom. The fourth-order valence-corrected chi connectivity index (χ4v) is 2.00. The van der Waals surface area contributed by atoms with E-state index in [4.69, 9.17) is 11.6 Å². The van der Waals surface area contributed by atoms with Crippen LogP contribution in [-0.4, -0.2) is 17.1 Å². The monoisotopic (exact) mass is 288 g/mol. The van der Waals surface area contributed by atoms with E-state index >= 15 is 0 Å². The second-order valence-corrected chi connectivity index (χ2v) is 4.31. The molecule has 7 heteroatoms. The first-order chi connectivity index (χ1) is 8.80. The number of aromatic nitrogens is 1. The van der Waals surface area contributed by atoms with Gasteiger partial charge in [0.15, 0.2) is 0 Å². The number of nitrogens with one attached hydrogen (secondary N) is 1. The number of anilines is 1. The molecule has 3 nitrogen and oxygen atoms in total. The van der Waals surface area contributed by atoms with Crippen molar-refractivity contribution in [1.29, 1.82) is 0 Å². The summed E-state index contributed by atoms with van der Waals surface area (Å²) in [5.41, 5.74) is 1.12. The molecule has 19 heavy (non-hydrogen) atoms. The highest BCUT2D eigenvalue weighted by Gasteiger charge is 2.39. The molecule has 2 rings (SSSR count). The Hall–Kier alpha value is -1.82. The molecule has 1 aromatic heterocycles. The van der Waals surface area contributed by atoms with Gasteiger partial charge in [0.25, 0.3) is 0 Å². The summed E-state index contributed by atoms with van der Waals surface area (Å²) in [6.07, 6.45) is -3.46. The zero-order valence-electron chi connectivity index (χ0n) is 9.68. The molecule has 100 valence electrons. The molecular formula is C12H8ClF3N2O. The number of carbonyl (C=O) groups excluding carboxylic acids is 1. The average Bonchev–Trinajstić information content (AvgIpc) is 2.33. The number of alkyl halides is 3. The van der Waals surface area contributed by atoms with E-state index in [2.05, 4.69) is 4.98 Å². The molecule has 0 spiro atoms. The Morgan fingerprint density at radius 2 is 2.11 bits per heavy atom. The van der Waals surface area contributed by atoms with Crippen LogP contribution in [0.2, 0.25) is 5.02 Å². The maximum atomic E-state index is 12.3. The Bertz CT molecular complexity index is 655. The van der Waals surface area contributed by atoms with Crippen LogP contribution >= 0.6 is 11.6 Å². The van der Waals surface area contributed by atoms with Gasteiger partial charge in [0.05, 0.1) is 16.2 Å². The molecule has 1 N–H and O–H groups in total. The van der Waals surface area contributed by atoms with Gasteiger partial charge in [0, 0.05) is 11.6 Å². The number of nitrogens with zero attached hydrogens (tertiary/aromatic N) is 1. The Labute approximate surface area is 111 Å². The normalized spacial score (nSPS) is 11.6. The maximum absolute atomic E-state index is 12.3. The molecule has 0 aliphatic carbocycles. The summed E-state index contributed by atoms with van der Waals surface area (Å²) in [4.78, 5) is 15.1. The number of pyridine rings is 1. The minimum absolute atomic E-state index is 0.0376. The lowest BCUT2D eigenvalue weighted by Gasteiger charge is -2.13. The van der Waals surface area contributed by atoms with Gasteiger partial charge < -0.3 is 5.32 Å². The maximum Gasteiger partial charge on any atom is 0.471 e. The van der Waals surface area contributed by atoms with Gasteiger partial charge in [0.1, 0.15) is 0 Å². The molecule has 1 heterocycles. The molecule has 0 saturated carbocycles. The standard InChI is InChI=1S/C12H8ClF3N2O/c1-6-5-8(13)10(18-11(19)12(14,15)16)7-3-2-4-17-9(6)7/h2-5H,1H3,(H,18,19). The van der Waals surface area contributed by atoms with Gasteiger partial charge in [-0.15, -0.1) is 0 Å². The summed E-state index contributed by atoms with van der Waals surface area (Å²) in [7, 11) is 0. The van der Waals surface area contributed by atoms with E-state index in [1.54, 1.807) is 24.4 Å². The topological polar surface area (TPSA) is 42.0 Å². The van der Waals surface area contributed by atoms with E-state index in [1.165, 1.54) is 12.3 Å². The van der Waals surface area contributed by atoms with Crippen molar-refractivity contribution in [3.8, 4) is 0 Å². The summed E-state index contributed by atoms with van der Waals surface area (Å²) in [6, 6.07) is 4.57. The molecule has 0 fully saturated rings. The van der Waals surface area contributed by atoms with Crippen LogP contribution in [0.15, 0.2) is 24.4 Å². The second-order valence-electron chi connectivity index (χ2n) is 3.90. The van der Waals surface area contributed by atoms with Crippen molar-refractivity contribution in [2.24, 2.45) is 0 Å². The van der Waals surface area contributed by atoms with Gasteiger partial charge in [-0.2, -0.15) is 13.2 Å². The zero-order chi connectivity index (χ0) is 14.2. The number of fused-ring (bicyclic) bond motifs is 1. The number of hydrogen-bond acceptors (Lipinski definition) is 2. The average molecular weight is 289 g/mol. The molecule has 1 aromatic carbocycles. The van der Waals surface area contributed by atoms with Crippen LogP contribution in [0.3, 0.4) is 0 Å². The Balaban J connectivity index is 2.58. The summed E-state index contributed by atoms with van der Waals surface area (Å²) >= 11 is 5.89. The fraction of sp³-hybridized carbons (Fsp3) is 0.167. The summed E-state index contributed by atoms with van der Waals surface area (Å²) in [6.45, 7) is 1.73. The lowest BCUT2D eigenvalue weighted by Crippen LogP contribution is -2.30. The van der Waals surface area contributed by atoms with Crippen LogP contribution in [0.5, 0.6) is 0 Å². The Morgan fingerprint density at radius 3 is 2.74 bits per heavy atom. The minimum atomic E-state index is -4.97. The van der Waals surface area contributed by atoms with Crippen molar-refractivity contribution in [2.45, 2.75) is 13.1 Å². The molecular weight excluding hydrogens is 281 g/mol. The number of aryl methyl sites for hydroxylation is 1. The van der Waals surface area contributed by atoms with Gasteiger partial charge in [0.2, 0.25) is 0 Å². The molecule has 0 atom stereocenters. The largest absolute Gasteiger partial charge is 0.471 e. The molecule has 1 amide bonds. The van der Waals surface area contributed by atoms with Gasteiger partial charge >= 0.3 is 12.1 Å². The van der Waals surface area contributed by atoms with Gasteiger partial charge in [-0.25, -0.2) is 0 Å². The highest BCUT2D eigenvalue weighted by atomic mass is 35.5. The second kappa shape index (κ2) is 4.70. The summed E-state index contributed by atoms with van der Waals surface area (Å²) in [5.74, 6) is -2.07. The van der Waals surface area contributed by atoms with Crippen LogP contribution in [0.4, 0.5) is 18.9 Å². The van der Waals surface area contributed by atoms with E-state index < -0.39 is 12.1 Å². The van der Waals surface area contributed by atoms with E-state index in [1.807, 2.05) is 0 Å². The van der Waals surface area contributed by atoms with Crippen LogP contribution in [-0.2, 0) is 4.79 Å². The fourth-order valence-electron chi connectivity index (χ4n) is 1.69. The van der Waals surface area contributed by atoms with Crippen molar-refractivity contribution in [3.63, 3.8) is 0 Å². The molecule has 0 aliphatic heterocycles. The third-order valence-corrected chi connectivity index (χ3v) is 2.83. The zero-order valence-corrected chi connectivity index (χ0v) is 10.4. The molecule has 0 saturated heterocycles. The number of hydrogen-bond donors (Lipinski definition) is 1. The third-order valence-electron chi connectivity index (χ3n) is 2.53. The van der Waals surface area contributed by atoms with Crippen molar-refractivity contribution in [1.82, 2.24) is 4.98 Å². The van der Waals surface area contributed by atoms with Gasteiger partial charge in [-0.1, -0.05) is 11.6 Å². The van der Waals surface area contributed by atoms with Crippen LogP contribution in [0.1, 0.15) is 5.56 Å². The smallest absolute Gasteiger partial charge is 0.316 e. The van der Waals surface area contributed by atoms with Crippen LogP contribution in [0.25, 0.3) is 10.9 Å². The van der Waals surface area contributed by atoms with Crippen LogP contribution < -0.4 is 5.32 Å². The number of amides is 1. The minimum Gasteiger partial charge on any atom is -0.316 e. The number of halogens is 4. The highest BCUT2D eigenvalue weighted by molar-refractivity contribution is 6.35. The van der Waals surface area contributed by atoms with E-state index in [-0.39, 0.29) is 10.7 Å². The van der Waals surface area contributed by atoms with Crippen molar-refractivity contribution in [3.05, 3.63) is 35.0 Å². The number of rotatable bonds is 1. The number of benzene rings is 1. The number of carbonyl (C=O) groups is 1. The van der Waals surface area contributed by atoms with Crippen molar-refractivity contribution >= 4 is 34.1 Å². The molecule has 0 bridgehead atoms. The molecule has 0 unspecified atom stereocenters. The quantitative estimate of drug-likeness (QED) is 0.869. The van der Waals surface area contributed by atoms with E-state index in [0.29, 0.717) is 16.5 Å². The predicted molar refractivity (Wildman–Crippen MR) is 66.2 cm³/mol. The first-order valence-corrected chi connectivity index (χ1v) is 5.60. The first-order valence-electron chi connectivity index (χ1n) is 5.22. The highest BCUT2D eigenvalue weighted by Crippen LogP contribution is 2.33. The molecule has 0 aliphatic rings.